The minimum absolute atomic E-state index is 0.0563. The van der Waals surface area contributed by atoms with Crippen LogP contribution < -0.4 is 10.6 Å². The number of hydrogen-bond donors (Lipinski definition) is 2. The van der Waals surface area contributed by atoms with Crippen molar-refractivity contribution in [1.82, 2.24) is 10.6 Å². The molecule has 1 aliphatic rings. The molecule has 0 aromatic heterocycles. The maximum Gasteiger partial charge on any atom is 0.227 e. The fourth-order valence-corrected chi connectivity index (χ4v) is 1.56. The van der Waals surface area contributed by atoms with E-state index in [1.807, 2.05) is 27.8 Å². The van der Waals surface area contributed by atoms with E-state index in [0.717, 1.165) is 0 Å². The number of amides is 1. The molecule has 14 heavy (non-hydrogen) atoms. The van der Waals surface area contributed by atoms with Crippen molar-refractivity contribution in [3.63, 3.8) is 0 Å². The molecule has 1 saturated heterocycles. The lowest BCUT2D eigenvalue weighted by atomic mass is 10.0. The topological polar surface area (TPSA) is 50.4 Å². The Bertz CT molecular complexity index is 211. The average Bonchev–Trinajstić information content (AvgIpc) is 2.47. The van der Waals surface area contributed by atoms with Gasteiger partial charge in [-0.05, 0) is 27.8 Å². The Kier molecular flexibility index (Phi) is 3.50. The van der Waals surface area contributed by atoms with Crippen LogP contribution in [0.5, 0.6) is 0 Å². The zero-order valence-electron chi connectivity index (χ0n) is 9.39. The molecule has 1 aliphatic heterocycles. The Labute approximate surface area is 85.4 Å². The first kappa shape index (κ1) is 11.5. The van der Waals surface area contributed by atoms with Gasteiger partial charge in [-0.15, -0.1) is 0 Å². The lowest BCUT2D eigenvalue weighted by molar-refractivity contribution is -0.126. The SMILES string of the molecule is CNC1COCC1C(=O)NC(C)(C)C. The molecule has 82 valence electrons. The number of rotatable bonds is 2. The van der Waals surface area contributed by atoms with E-state index in [4.69, 9.17) is 4.74 Å². The first-order valence-electron chi connectivity index (χ1n) is 5.01. The van der Waals surface area contributed by atoms with Crippen molar-refractivity contribution in [2.45, 2.75) is 32.4 Å². The zero-order valence-corrected chi connectivity index (χ0v) is 9.39. The van der Waals surface area contributed by atoms with Crippen molar-refractivity contribution in [2.75, 3.05) is 20.3 Å². The minimum Gasteiger partial charge on any atom is -0.379 e. The third-order valence-electron chi connectivity index (χ3n) is 2.29. The van der Waals surface area contributed by atoms with E-state index in [-0.39, 0.29) is 23.4 Å². The first-order valence-corrected chi connectivity index (χ1v) is 5.01. The van der Waals surface area contributed by atoms with Crippen molar-refractivity contribution < 1.29 is 9.53 Å². The summed E-state index contributed by atoms with van der Waals surface area (Å²) >= 11 is 0. The van der Waals surface area contributed by atoms with E-state index >= 15 is 0 Å². The number of carbonyl (C=O) groups is 1. The molecule has 4 nitrogen and oxygen atoms in total. The van der Waals surface area contributed by atoms with Crippen LogP contribution >= 0.6 is 0 Å². The summed E-state index contributed by atoms with van der Waals surface area (Å²) in [6, 6.07) is 0.150. The van der Waals surface area contributed by atoms with Crippen LogP contribution in [-0.2, 0) is 9.53 Å². The van der Waals surface area contributed by atoms with E-state index in [2.05, 4.69) is 10.6 Å². The Morgan fingerprint density at radius 3 is 2.50 bits per heavy atom. The van der Waals surface area contributed by atoms with Crippen LogP contribution in [0.1, 0.15) is 20.8 Å². The van der Waals surface area contributed by atoms with Gasteiger partial charge < -0.3 is 15.4 Å². The Morgan fingerprint density at radius 2 is 2.00 bits per heavy atom. The normalized spacial score (nSPS) is 27.7. The van der Waals surface area contributed by atoms with Crippen LogP contribution in [0.3, 0.4) is 0 Å². The monoisotopic (exact) mass is 200 g/mol. The summed E-state index contributed by atoms with van der Waals surface area (Å²) < 4.78 is 5.27. The van der Waals surface area contributed by atoms with Crippen molar-refractivity contribution in [3.05, 3.63) is 0 Å². The molecule has 0 bridgehead atoms. The van der Waals surface area contributed by atoms with Gasteiger partial charge in [-0.1, -0.05) is 0 Å². The maximum absolute atomic E-state index is 11.8. The number of hydrogen-bond acceptors (Lipinski definition) is 3. The fraction of sp³-hybridized carbons (Fsp3) is 0.900. The van der Waals surface area contributed by atoms with Gasteiger partial charge in [0.05, 0.1) is 19.1 Å². The molecule has 1 heterocycles. The first-order chi connectivity index (χ1) is 6.44. The minimum atomic E-state index is -0.169. The summed E-state index contributed by atoms with van der Waals surface area (Å²) in [5.41, 5.74) is -0.169. The van der Waals surface area contributed by atoms with Gasteiger partial charge in [0.1, 0.15) is 0 Å². The largest absolute Gasteiger partial charge is 0.379 e. The molecule has 4 heteroatoms. The van der Waals surface area contributed by atoms with Gasteiger partial charge in [-0.2, -0.15) is 0 Å². The zero-order chi connectivity index (χ0) is 10.8. The van der Waals surface area contributed by atoms with E-state index in [1.165, 1.54) is 0 Å². The van der Waals surface area contributed by atoms with Gasteiger partial charge in [0.2, 0.25) is 5.91 Å². The molecule has 2 N–H and O–H groups in total. The van der Waals surface area contributed by atoms with Gasteiger partial charge in [0.15, 0.2) is 0 Å². The van der Waals surface area contributed by atoms with Gasteiger partial charge in [-0.25, -0.2) is 0 Å². The van der Waals surface area contributed by atoms with Crippen molar-refractivity contribution in [1.29, 1.82) is 0 Å². The fourth-order valence-electron chi connectivity index (χ4n) is 1.56. The number of likely N-dealkylation sites (N-methyl/N-ethyl adjacent to an activating group) is 1. The molecule has 2 unspecified atom stereocenters. The summed E-state index contributed by atoms with van der Waals surface area (Å²) in [6.45, 7) is 7.09. The Balaban J connectivity index is 2.52. The maximum atomic E-state index is 11.8. The highest BCUT2D eigenvalue weighted by atomic mass is 16.5. The summed E-state index contributed by atoms with van der Waals surface area (Å²) in [5.74, 6) is 0.0218. The molecule has 0 aromatic carbocycles. The summed E-state index contributed by atoms with van der Waals surface area (Å²) in [4.78, 5) is 11.8. The molecule has 0 aliphatic carbocycles. The molecule has 0 saturated carbocycles. The van der Waals surface area contributed by atoms with Gasteiger partial charge in [0.25, 0.3) is 0 Å². The highest BCUT2D eigenvalue weighted by molar-refractivity contribution is 5.80. The lowest BCUT2D eigenvalue weighted by Gasteiger charge is -2.24. The van der Waals surface area contributed by atoms with Crippen molar-refractivity contribution in [3.8, 4) is 0 Å². The molecular formula is C10H20N2O2. The molecule has 0 radical (unpaired) electrons. The van der Waals surface area contributed by atoms with Crippen LogP contribution in [0.15, 0.2) is 0 Å². The van der Waals surface area contributed by atoms with Crippen LogP contribution in [-0.4, -0.2) is 37.7 Å². The van der Waals surface area contributed by atoms with E-state index in [0.29, 0.717) is 13.2 Å². The average molecular weight is 200 g/mol. The predicted octanol–water partition coefficient (Wildman–Crippen LogP) is 0.135. The lowest BCUT2D eigenvalue weighted by Crippen LogP contribution is -2.48. The molecule has 1 rings (SSSR count). The molecular weight excluding hydrogens is 180 g/mol. The van der Waals surface area contributed by atoms with Crippen LogP contribution in [0.2, 0.25) is 0 Å². The second kappa shape index (κ2) is 4.28. The van der Waals surface area contributed by atoms with Gasteiger partial charge in [0, 0.05) is 11.6 Å². The Morgan fingerprint density at radius 1 is 1.36 bits per heavy atom. The molecule has 1 fully saturated rings. The standard InChI is InChI=1S/C10H20N2O2/c1-10(2,3)12-9(13)7-5-14-6-8(7)11-4/h7-8,11H,5-6H2,1-4H3,(H,12,13). The van der Waals surface area contributed by atoms with E-state index < -0.39 is 0 Å². The number of nitrogens with one attached hydrogen (secondary N) is 2. The van der Waals surface area contributed by atoms with Crippen LogP contribution in [0, 0.1) is 5.92 Å². The van der Waals surface area contributed by atoms with Gasteiger partial charge in [-0.3, -0.25) is 4.79 Å². The van der Waals surface area contributed by atoms with Gasteiger partial charge >= 0.3 is 0 Å². The van der Waals surface area contributed by atoms with Crippen molar-refractivity contribution in [2.24, 2.45) is 5.92 Å². The quantitative estimate of drug-likeness (QED) is 0.666. The van der Waals surface area contributed by atoms with E-state index in [9.17, 15) is 4.79 Å². The van der Waals surface area contributed by atoms with Crippen molar-refractivity contribution >= 4 is 5.91 Å². The highest BCUT2D eigenvalue weighted by Crippen LogP contribution is 2.14. The molecule has 1 amide bonds. The molecule has 0 spiro atoms. The predicted molar refractivity (Wildman–Crippen MR) is 55.1 cm³/mol. The smallest absolute Gasteiger partial charge is 0.227 e. The highest BCUT2D eigenvalue weighted by Gasteiger charge is 2.34. The Hall–Kier alpha value is -0.610. The van der Waals surface area contributed by atoms with Crippen LogP contribution in [0.4, 0.5) is 0 Å². The van der Waals surface area contributed by atoms with E-state index in [1.54, 1.807) is 0 Å². The third kappa shape index (κ3) is 2.96. The summed E-state index contributed by atoms with van der Waals surface area (Å²) in [7, 11) is 1.86. The number of ether oxygens (including phenoxy) is 1. The second-order valence-electron chi connectivity index (χ2n) is 4.78. The number of carbonyl (C=O) groups excluding carboxylic acids is 1. The van der Waals surface area contributed by atoms with Crippen LogP contribution in [0.25, 0.3) is 0 Å². The summed E-state index contributed by atoms with van der Waals surface area (Å²) in [6.07, 6.45) is 0. The molecule has 2 atom stereocenters. The molecule has 0 aromatic rings. The second-order valence-corrected chi connectivity index (χ2v) is 4.78. The third-order valence-corrected chi connectivity index (χ3v) is 2.29. The summed E-state index contributed by atoms with van der Waals surface area (Å²) in [5, 5.41) is 6.06.